The third kappa shape index (κ3) is 3.03. The van der Waals surface area contributed by atoms with E-state index in [1.807, 2.05) is 48.7 Å². The number of benzene rings is 1. The van der Waals surface area contributed by atoms with E-state index < -0.39 is 0 Å². The molecule has 0 unspecified atom stereocenters. The number of aromatic nitrogens is 5. The second kappa shape index (κ2) is 6.69. The molecule has 25 heavy (non-hydrogen) atoms. The number of fused-ring (bicyclic) bond motifs is 1. The molecule has 4 aromatic rings. The van der Waals surface area contributed by atoms with Crippen molar-refractivity contribution in [3.8, 4) is 0 Å². The smallest absolute Gasteiger partial charge is 0.270 e. The Balaban J connectivity index is 1.58. The number of hydrogen-bond acceptors (Lipinski definition) is 7. The van der Waals surface area contributed by atoms with Crippen molar-refractivity contribution in [1.29, 1.82) is 0 Å². The molecule has 0 bridgehead atoms. The molecule has 0 saturated heterocycles. The number of anilines is 1. The third-order valence-electron chi connectivity index (χ3n) is 3.69. The minimum atomic E-state index is -0.0496. The second-order valence-electron chi connectivity index (χ2n) is 5.24. The summed E-state index contributed by atoms with van der Waals surface area (Å²) in [4.78, 5) is 14.9. The molecule has 3 heterocycles. The molecule has 1 amide bonds. The van der Waals surface area contributed by atoms with Gasteiger partial charge >= 0.3 is 0 Å². The van der Waals surface area contributed by atoms with Crippen LogP contribution in [0.15, 0.2) is 41.8 Å². The van der Waals surface area contributed by atoms with E-state index in [1.165, 1.54) is 22.7 Å². The molecule has 0 aliphatic heterocycles. The molecule has 0 atom stereocenters. The number of amides is 1. The van der Waals surface area contributed by atoms with Gasteiger partial charge in [-0.05, 0) is 30.5 Å². The van der Waals surface area contributed by atoms with Crippen molar-refractivity contribution in [1.82, 2.24) is 25.2 Å². The van der Waals surface area contributed by atoms with E-state index in [4.69, 9.17) is 0 Å². The van der Waals surface area contributed by atoms with Gasteiger partial charge in [-0.15, -0.1) is 26.6 Å². The minimum Gasteiger partial charge on any atom is -0.282 e. The summed E-state index contributed by atoms with van der Waals surface area (Å²) >= 11 is 2.82. The highest BCUT2D eigenvalue weighted by Crippen LogP contribution is 2.24. The molecule has 9 heteroatoms. The maximum Gasteiger partial charge on any atom is 0.270 e. The summed E-state index contributed by atoms with van der Waals surface area (Å²) in [5.74, 6) is -0.0496. The Morgan fingerprint density at radius 1 is 1.16 bits per heavy atom. The summed E-state index contributed by atoms with van der Waals surface area (Å²) in [6.07, 6.45) is 0. The number of rotatable bonds is 5. The first-order valence-electron chi connectivity index (χ1n) is 7.72. The molecular weight excluding hydrogens is 356 g/mol. The van der Waals surface area contributed by atoms with Gasteiger partial charge in [-0.1, -0.05) is 34.7 Å². The molecule has 0 aliphatic rings. The van der Waals surface area contributed by atoms with Crippen LogP contribution in [0.4, 0.5) is 5.13 Å². The zero-order valence-corrected chi connectivity index (χ0v) is 15.0. The van der Waals surface area contributed by atoms with Crippen LogP contribution in [0.3, 0.4) is 0 Å². The van der Waals surface area contributed by atoms with Crippen molar-refractivity contribution in [3.63, 3.8) is 0 Å². The Kier molecular flexibility index (Phi) is 4.24. The molecule has 0 spiro atoms. The lowest BCUT2D eigenvalue weighted by Gasteiger charge is -2.15. The van der Waals surface area contributed by atoms with Crippen LogP contribution in [-0.4, -0.2) is 37.6 Å². The highest BCUT2D eigenvalue weighted by Gasteiger charge is 2.21. The fourth-order valence-corrected chi connectivity index (χ4v) is 4.03. The van der Waals surface area contributed by atoms with Crippen LogP contribution in [0, 0.1) is 0 Å². The number of hydrogen-bond donors (Lipinski definition) is 0. The molecule has 7 nitrogen and oxygen atoms in total. The highest BCUT2D eigenvalue weighted by molar-refractivity contribution is 7.15. The fraction of sp³-hybridized carbons (Fsp3) is 0.188. The lowest BCUT2D eigenvalue weighted by atomic mass is 10.3. The normalized spacial score (nSPS) is 11.1. The van der Waals surface area contributed by atoms with E-state index >= 15 is 0 Å². The number of thiophene rings is 1. The summed E-state index contributed by atoms with van der Waals surface area (Å²) in [6, 6.07) is 11.5. The lowest BCUT2D eigenvalue weighted by Crippen LogP contribution is -2.29. The number of carbonyl (C=O) groups is 1. The maximum absolute atomic E-state index is 12.6. The van der Waals surface area contributed by atoms with Crippen LogP contribution in [0.5, 0.6) is 0 Å². The van der Waals surface area contributed by atoms with Crippen LogP contribution in [0.1, 0.15) is 21.6 Å². The Morgan fingerprint density at radius 2 is 2.04 bits per heavy atom. The first-order valence-corrected chi connectivity index (χ1v) is 9.42. The van der Waals surface area contributed by atoms with Gasteiger partial charge in [0.2, 0.25) is 5.13 Å². The van der Waals surface area contributed by atoms with Gasteiger partial charge in [-0.3, -0.25) is 9.69 Å². The number of para-hydroxylation sites is 1. The van der Waals surface area contributed by atoms with Gasteiger partial charge in [-0.25, -0.2) is 4.68 Å². The molecule has 4 rings (SSSR count). The molecule has 0 N–H and O–H groups in total. The standard InChI is InChI=1S/C16H14N6OS2/c1-2-21(15(23)13-8-5-9-24-13)16-19-18-14(25-16)10-22-12-7-4-3-6-11(12)17-20-22/h3-9H,2,10H2,1H3. The van der Waals surface area contributed by atoms with E-state index in [1.54, 1.807) is 9.58 Å². The van der Waals surface area contributed by atoms with Crippen LogP contribution in [0.25, 0.3) is 11.0 Å². The molecule has 0 aliphatic carbocycles. The molecular formula is C16H14N6OS2. The largest absolute Gasteiger partial charge is 0.282 e. The average molecular weight is 370 g/mol. The lowest BCUT2D eigenvalue weighted by molar-refractivity contribution is 0.0992. The monoisotopic (exact) mass is 370 g/mol. The van der Waals surface area contributed by atoms with E-state index in [-0.39, 0.29) is 5.91 Å². The molecule has 1 aromatic carbocycles. The van der Waals surface area contributed by atoms with Gasteiger partial charge < -0.3 is 0 Å². The molecule has 0 fully saturated rings. The van der Waals surface area contributed by atoms with Crippen LogP contribution in [0.2, 0.25) is 0 Å². The first-order chi connectivity index (χ1) is 12.3. The van der Waals surface area contributed by atoms with Crippen LogP contribution >= 0.6 is 22.7 Å². The predicted octanol–water partition coefficient (Wildman–Crippen LogP) is 3.06. The Hall–Kier alpha value is -2.65. The van der Waals surface area contributed by atoms with E-state index in [0.29, 0.717) is 23.1 Å². The highest BCUT2D eigenvalue weighted by atomic mass is 32.1. The molecule has 3 aromatic heterocycles. The molecule has 0 saturated carbocycles. The topological polar surface area (TPSA) is 76.8 Å². The van der Waals surface area contributed by atoms with Gasteiger partial charge in [-0.2, -0.15) is 0 Å². The SMILES string of the molecule is CCN(C(=O)c1cccs1)c1nnc(Cn2nnc3ccccc32)s1. The van der Waals surface area contributed by atoms with Crippen LogP contribution in [-0.2, 0) is 6.54 Å². The van der Waals surface area contributed by atoms with Crippen molar-refractivity contribution < 1.29 is 4.79 Å². The number of nitrogens with zero attached hydrogens (tertiary/aromatic N) is 6. The summed E-state index contributed by atoms with van der Waals surface area (Å²) in [5, 5.41) is 20.0. The zero-order valence-electron chi connectivity index (χ0n) is 13.4. The van der Waals surface area contributed by atoms with E-state index in [2.05, 4.69) is 20.5 Å². The summed E-state index contributed by atoms with van der Waals surface area (Å²) in [6.45, 7) is 2.94. The summed E-state index contributed by atoms with van der Waals surface area (Å²) in [7, 11) is 0. The fourth-order valence-electron chi connectivity index (χ4n) is 2.48. The summed E-state index contributed by atoms with van der Waals surface area (Å²) < 4.78 is 1.79. The van der Waals surface area contributed by atoms with Crippen molar-refractivity contribution in [2.24, 2.45) is 0 Å². The molecule has 0 radical (unpaired) electrons. The van der Waals surface area contributed by atoms with Crippen LogP contribution < -0.4 is 4.90 Å². The van der Waals surface area contributed by atoms with Gasteiger partial charge in [0, 0.05) is 6.54 Å². The average Bonchev–Trinajstić information content (AvgIpc) is 3.37. The van der Waals surface area contributed by atoms with Gasteiger partial charge in [0.25, 0.3) is 5.91 Å². The quantitative estimate of drug-likeness (QED) is 0.540. The van der Waals surface area contributed by atoms with Gasteiger partial charge in [0.1, 0.15) is 10.5 Å². The molecule has 126 valence electrons. The van der Waals surface area contributed by atoms with Gasteiger partial charge in [0.05, 0.1) is 16.9 Å². The Morgan fingerprint density at radius 3 is 2.84 bits per heavy atom. The Bertz CT molecular complexity index is 1010. The Labute approximate surface area is 151 Å². The van der Waals surface area contributed by atoms with Crippen molar-refractivity contribution in [3.05, 3.63) is 51.7 Å². The minimum absolute atomic E-state index is 0.0496. The third-order valence-corrected chi connectivity index (χ3v) is 5.47. The predicted molar refractivity (Wildman–Crippen MR) is 98.2 cm³/mol. The maximum atomic E-state index is 12.6. The first kappa shape index (κ1) is 15.9. The zero-order chi connectivity index (χ0) is 17.2. The van der Waals surface area contributed by atoms with Gasteiger partial charge in [0.15, 0.2) is 0 Å². The summed E-state index contributed by atoms with van der Waals surface area (Å²) in [5.41, 5.74) is 1.79. The van der Waals surface area contributed by atoms with E-state index in [9.17, 15) is 4.79 Å². The van der Waals surface area contributed by atoms with Crippen molar-refractivity contribution in [2.75, 3.05) is 11.4 Å². The van der Waals surface area contributed by atoms with Crippen molar-refractivity contribution >= 4 is 44.7 Å². The second-order valence-corrected chi connectivity index (χ2v) is 7.23. The van der Waals surface area contributed by atoms with E-state index in [0.717, 1.165) is 16.0 Å². The number of carbonyl (C=O) groups excluding carboxylic acids is 1. The van der Waals surface area contributed by atoms with Crippen molar-refractivity contribution in [2.45, 2.75) is 13.5 Å².